The number of methoxy groups -OCH3 is 1. The van der Waals surface area contributed by atoms with Crippen LogP contribution in [0.5, 0.6) is 5.75 Å². The maximum atomic E-state index is 12.3. The number of aryl methyl sites for hydroxylation is 2. The Hall–Kier alpha value is -2.71. The molecular formula is C19H21NO6S. The van der Waals surface area contributed by atoms with Crippen LogP contribution in [0.25, 0.3) is 0 Å². The number of benzene rings is 2. The molecular weight excluding hydrogens is 370 g/mol. The van der Waals surface area contributed by atoms with Crippen molar-refractivity contribution in [2.45, 2.75) is 18.7 Å². The van der Waals surface area contributed by atoms with Gasteiger partial charge in [0.2, 0.25) is 10.0 Å². The minimum absolute atomic E-state index is 0.101. The van der Waals surface area contributed by atoms with Crippen molar-refractivity contribution in [3.05, 3.63) is 59.2 Å². The number of hydrogen-bond acceptors (Lipinski definition) is 6. The van der Waals surface area contributed by atoms with E-state index in [9.17, 15) is 18.0 Å². The second-order valence-corrected chi connectivity index (χ2v) is 7.64. The lowest BCUT2D eigenvalue weighted by molar-refractivity contribution is -0.141. The molecule has 0 fully saturated rings. The molecule has 27 heavy (non-hydrogen) atoms. The van der Waals surface area contributed by atoms with Crippen LogP contribution in [0.2, 0.25) is 0 Å². The van der Waals surface area contributed by atoms with Gasteiger partial charge in [-0.3, -0.25) is 9.59 Å². The van der Waals surface area contributed by atoms with E-state index in [0.717, 1.165) is 5.56 Å². The molecule has 0 aromatic heterocycles. The number of esters is 1. The van der Waals surface area contributed by atoms with E-state index in [2.05, 4.69) is 4.72 Å². The van der Waals surface area contributed by atoms with E-state index in [4.69, 9.17) is 9.47 Å². The SMILES string of the molecule is COc1ccc(C(=O)COC(=O)CNS(=O)(=O)c2cc(C)ccc2C)cc1. The molecule has 0 amide bonds. The standard InChI is InChI=1S/C19H21NO6S/c1-13-4-5-14(2)18(10-13)27(23,24)20-11-19(22)26-12-17(21)15-6-8-16(25-3)9-7-15/h4-10,20H,11-12H2,1-3H3. The first-order chi connectivity index (χ1) is 12.7. The number of hydrogen-bond donors (Lipinski definition) is 1. The molecule has 0 aliphatic carbocycles. The smallest absolute Gasteiger partial charge is 0.321 e. The fraction of sp³-hybridized carbons (Fsp3) is 0.263. The van der Waals surface area contributed by atoms with E-state index < -0.39 is 34.9 Å². The lowest BCUT2D eigenvalue weighted by Gasteiger charge is -2.10. The van der Waals surface area contributed by atoms with Crippen LogP contribution in [0.4, 0.5) is 0 Å². The second kappa shape index (κ2) is 8.79. The average molecular weight is 391 g/mol. The van der Waals surface area contributed by atoms with E-state index in [1.165, 1.54) is 13.2 Å². The average Bonchev–Trinajstić information content (AvgIpc) is 2.66. The highest BCUT2D eigenvalue weighted by Crippen LogP contribution is 2.16. The maximum Gasteiger partial charge on any atom is 0.321 e. The summed E-state index contributed by atoms with van der Waals surface area (Å²) < 4.78 is 36.7. The van der Waals surface area contributed by atoms with Gasteiger partial charge in [-0.05, 0) is 55.3 Å². The highest BCUT2D eigenvalue weighted by molar-refractivity contribution is 7.89. The minimum Gasteiger partial charge on any atom is -0.497 e. The van der Waals surface area contributed by atoms with E-state index >= 15 is 0 Å². The number of Topliss-reactive ketones (excluding diaryl/α,β-unsaturated/α-hetero) is 1. The Morgan fingerprint density at radius 1 is 1.04 bits per heavy atom. The summed E-state index contributed by atoms with van der Waals surface area (Å²) in [5, 5.41) is 0. The molecule has 0 bridgehead atoms. The fourth-order valence-electron chi connectivity index (χ4n) is 2.29. The van der Waals surface area contributed by atoms with Gasteiger partial charge < -0.3 is 9.47 Å². The van der Waals surface area contributed by atoms with E-state index in [0.29, 0.717) is 16.9 Å². The fourth-order valence-corrected chi connectivity index (χ4v) is 3.58. The molecule has 0 saturated carbocycles. The van der Waals surface area contributed by atoms with Crippen LogP contribution in [0.3, 0.4) is 0 Å². The molecule has 0 saturated heterocycles. The van der Waals surface area contributed by atoms with E-state index in [1.807, 2.05) is 0 Å². The summed E-state index contributed by atoms with van der Waals surface area (Å²) >= 11 is 0. The molecule has 2 rings (SSSR count). The highest BCUT2D eigenvalue weighted by atomic mass is 32.2. The molecule has 2 aromatic rings. The maximum absolute atomic E-state index is 12.3. The van der Waals surface area contributed by atoms with Crippen molar-refractivity contribution in [1.29, 1.82) is 0 Å². The molecule has 1 N–H and O–H groups in total. The van der Waals surface area contributed by atoms with Crippen LogP contribution < -0.4 is 9.46 Å². The first-order valence-corrected chi connectivity index (χ1v) is 9.61. The van der Waals surface area contributed by atoms with Crippen LogP contribution >= 0.6 is 0 Å². The summed E-state index contributed by atoms with van der Waals surface area (Å²) in [7, 11) is -2.34. The Kier molecular flexibility index (Phi) is 6.70. The summed E-state index contributed by atoms with van der Waals surface area (Å²) in [4.78, 5) is 23.9. The molecule has 0 unspecified atom stereocenters. The zero-order valence-electron chi connectivity index (χ0n) is 15.3. The molecule has 7 nitrogen and oxygen atoms in total. The molecule has 0 aliphatic rings. The number of carbonyl (C=O) groups excluding carboxylic acids is 2. The Balaban J connectivity index is 1.90. The third kappa shape index (κ3) is 5.63. The highest BCUT2D eigenvalue weighted by Gasteiger charge is 2.19. The summed E-state index contributed by atoms with van der Waals surface area (Å²) in [6, 6.07) is 11.4. The summed E-state index contributed by atoms with van der Waals surface area (Å²) in [6.45, 7) is 2.40. The number of rotatable bonds is 8. The predicted octanol–water partition coefficient (Wildman–Crippen LogP) is 2.02. The van der Waals surface area contributed by atoms with Gasteiger partial charge in [0.1, 0.15) is 12.3 Å². The molecule has 0 radical (unpaired) electrons. The van der Waals surface area contributed by atoms with Crippen molar-refractivity contribution >= 4 is 21.8 Å². The summed E-state index contributed by atoms with van der Waals surface area (Å²) in [6.07, 6.45) is 0. The number of ketones is 1. The first-order valence-electron chi connectivity index (χ1n) is 8.13. The van der Waals surface area contributed by atoms with Crippen LogP contribution in [0.15, 0.2) is 47.4 Å². The largest absolute Gasteiger partial charge is 0.497 e. The van der Waals surface area contributed by atoms with Crippen LogP contribution in [0.1, 0.15) is 21.5 Å². The van der Waals surface area contributed by atoms with Gasteiger partial charge in [-0.2, -0.15) is 4.72 Å². The van der Waals surface area contributed by atoms with Gasteiger partial charge in [-0.1, -0.05) is 12.1 Å². The molecule has 0 atom stereocenters. The second-order valence-electron chi connectivity index (χ2n) is 5.91. The van der Waals surface area contributed by atoms with Crippen molar-refractivity contribution < 1.29 is 27.5 Å². The normalized spacial score (nSPS) is 11.1. The van der Waals surface area contributed by atoms with Crippen LogP contribution in [-0.4, -0.2) is 40.4 Å². The Morgan fingerprint density at radius 2 is 1.70 bits per heavy atom. The Labute approximate surface area is 158 Å². The summed E-state index contributed by atoms with van der Waals surface area (Å²) in [5.74, 6) is -0.640. The molecule has 0 heterocycles. The third-order valence-corrected chi connectivity index (χ3v) is 5.36. The van der Waals surface area contributed by atoms with E-state index in [1.54, 1.807) is 50.2 Å². The van der Waals surface area contributed by atoms with Crippen LogP contribution in [0, 0.1) is 13.8 Å². The van der Waals surface area contributed by atoms with Crippen molar-refractivity contribution in [3.63, 3.8) is 0 Å². The van der Waals surface area contributed by atoms with Crippen LogP contribution in [-0.2, 0) is 19.6 Å². The lowest BCUT2D eigenvalue weighted by atomic mass is 10.1. The summed E-state index contributed by atoms with van der Waals surface area (Å²) in [5.41, 5.74) is 1.71. The molecule has 144 valence electrons. The van der Waals surface area contributed by atoms with Gasteiger partial charge in [-0.15, -0.1) is 0 Å². The zero-order chi connectivity index (χ0) is 20.0. The number of nitrogens with one attached hydrogen (secondary N) is 1. The van der Waals surface area contributed by atoms with Gasteiger partial charge in [0.05, 0.1) is 12.0 Å². The molecule has 8 heteroatoms. The number of ether oxygens (including phenoxy) is 2. The van der Waals surface area contributed by atoms with Crippen molar-refractivity contribution in [3.8, 4) is 5.75 Å². The van der Waals surface area contributed by atoms with Gasteiger partial charge in [-0.25, -0.2) is 8.42 Å². The molecule has 2 aromatic carbocycles. The molecule has 0 spiro atoms. The van der Waals surface area contributed by atoms with Gasteiger partial charge >= 0.3 is 5.97 Å². The van der Waals surface area contributed by atoms with Gasteiger partial charge in [0, 0.05) is 5.56 Å². The first kappa shape index (κ1) is 20.6. The third-order valence-electron chi connectivity index (χ3n) is 3.82. The molecule has 0 aliphatic heterocycles. The number of sulfonamides is 1. The van der Waals surface area contributed by atoms with Crippen molar-refractivity contribution in [2.75, 3.05) is 20.3 Å². The zero-order valence-corrected chi connectivity index (χ0v) is 16.1. The minimum atomic E-state index is -3.86. The van der Waals surface area contributed by atoms with Gasteiger partial charge in [0.15, 0.2) is 12.4 Å². The van der Waals surface area contributed by atoms with E-state index in [-0.39, 0.29) is 4.90 Å². The van der Waals surface area contributed by atoms with Crippen molar-refractivity contribution in [2.24, 2.45) is 0 Å². The number of carbonyl (C=O) groups is 2. The van der Waals surface area contributed by atoms with Crippen molar-refractivity contribution in [1.82, 2.24) is 4.72 Å². The Bertz CT molecular complexity index is 935. The quantitative estimate of drug-likeness (QED) is 0.546. The topological polar surface area (TPSA) is 98.8 Å². The monoisotopic (exact) mass is 391 g/mol. The van der Waals surface area contributed by atoms with Gasteiger partial charge in [0.25, 0.3) is 0 Å². The predicted molar refractivity (Wildman–Crippen MR) is 99.4 cm³/mol. The Morgan fingerprint density at radius 3 is 2.33 bits per heavy atom. The lowest BCUT2D eigenvalue weighted by Crippen LogP contribution is -2.32.